The summed E-state index contributed by atoms with van der Waals surface area (Å²) in [5, 5.41) is 9.01. The molecule has 5 heteroatoms. The smallest absolute Gasteiger partial charge is 0.337 e. The Morgan fingerprint density at radius 1 is 1.59 bits per heavy atom. The van der Waals surface area contributed by atoms with Crippen molar-refractivity contribution in [3.8, 4) is 0 Å². The second kappa shape index (κ2) is 5.52. The summed E-state index contributed by atoms with van der Waals surface area (Å²) < 4.78 is 0. The number of carboxylic acids is 1. The van der Waals surface area contributed by atoms with Gasteiger partial charge in [0.1, 0.15) is 0 Å². The lowest BCUT2D eigenvalue weighted by molar-refractivity contribution is 0.0698. The molecule has 5 nitrogen and oxygen atoms in total. The van der Waals surface area contributed by atoms with Gasteiger partial charge in [-0.2, -0.15) is 0 Å². The molecule has 1 aromatic rings. The van der Waals surface area contributed by atoms with Crippen molar-refractivity contribution in [1.29, 1.82) is 0 Å². The maximum absolute atomic E-state index is 11.0. The average molecular weight is 237 g/mol. The van der Waals surface area contributed by atoms with Gasteiger partial charge in [0, 0.05) is 18.8 Å². The molecule has 0 radical (unpaired) electrons. The van der Waals surface area contributed by atoms with Crippen molar-refractivity contribution < 1.29 is 9.90 Å². The molecular weight excluding hydrogens is 218 g/mol. The fraction of sp³-hybridized carbons (Fsp3) is 0.500. The van der Waals surface area contributed by atoms with Crippen molar-refractivity contribution in [3.63, 3.8) is 0 Å². The van der Waals surface area contributed by atoms with E-state index in [1.165, 1.54) is 12.3 Å². The van der Waals surface area contributed by atoms with E-state index >= 15 is 0 Å². The number of aromatic carboxylic acids is 1. The molecule has 3 N–H and O–H groups in total. The number of carbonyl (C=O) groups is 1. The van der Waals surface area contributed by atoms with Gasteiger partial charge < -0.3 is 15.7 Å². The van der Waals surface area contributed by atoms with Crippen molar-refractivity contribution in [2.45, 2.75) is 33.2 Å². The third-order valence-corrected chi connectivity index (χ3v) is 2.94. The summed E-state index contributed by atoms with van der Waals surface area (Å²) in [5.74, 6) is -0.465. The van der Waals surface area contributed by atoms with E-state index in [0.29, 0.717) is 5.82 Å². The highest BCUT2D eigenvalue weighted by atomic mass is 16.4. The number of carboxylic acid groups (broad SMARTS) is 1. The summed E-state index contributed by atoms with van der Waals surface area (Å²) in [6, 6.07) is 1.70. The van der Waals surface area contributed by atoms with Crippen LogP contribution >= 0.6 is 0 Å². The third-order valence-electron chi connectivity index (χ3n) is 2.94. The van der Waals surface area contributed by atoms with Crippen molar-refractivity contribution in [2.75, 3.05) is 17.2 Å². The minimum atomic E-state index is -1.02. The zero-order chi connectivity index (χ0) is 13.0. The van der Waals surface area contributed by atoms with E-state index in [1.807, 2.05) is 11.8 Å². The van der Waals surface area contributed by atoms with Gasteiger partial charge in [-0.05, 0) is 26.3 Å². The molecule has 0 aliphatic heterocycles. The van der Waals surface area contributed by atoms with Gasteiger partial charge in [0.05, 0.1) is 11.3 Å². The zero-order valence-electron chi connectivity index (χ0n) is 10.5. The molecule has 0 saturated heterocycles. The van der Waals surface area contributed by atoms with Gasteiger partial charge in [0.15, 0.2) is 5.82 Å². The van der Waals surface area contributed by atoms with Crippen LogP contribution in [0.4, 0.5) is 11.5 Å². The fourth-order valence-corrected chi connectivity index (χ4v) is 1.77. The number of pyridine rings is 1. The monoisotopic (exact) mass is 237 g/mol. The van der Waals surface area contributed by atoms with E-state index in [9.17, 15) is 4.79 Å². The summed E-state index contributed by atoms with van der Waals surface area (Å²) in [6.07, 6.45) is 2.44. The van der Waals surface area contributed by atoms with Crippen LogP contribution in [0.5, 0.6) is 0 Å². The highest BCUT2D eigenvalue weighted by Crippen LogP contribution is 2.26. The Balaban J connectivity index is 3.21. The van der Waals surface area contributed by atoms with E-state index in [1.54, 1.807) is 0 Å². The van der Waals surface area contributed by atoms with Gasteiger partial charge >= 0.3 is 5.97 Å². The molecule has 0 aliphatic carbocycles. The second-order valence-corrected chi connectivity index (χ2v) is 3.94. The van der Waals surface area contributed by atoms with Crippen molar-refractivity contribution in [2.24, 2.45) is 0 Å². The van der Waals surface area contributed by atoms with Gasteiger partial charge in [-0.1, -0.05) is 6.92 Å². The van der Waals surface area contributed by atoms with Crippen LogP contribution in [0.1, 0.15) is 37.6 Å². The lowest BCUT2D eigenvalue weighted by atomic mass is 10.1. The van der Waals surface area contributed by atoms with E-state index in [0.717, 1.165) is 13.0 Å². The molecular formula is C12H19N3O2. The van der Waals surface area contributed by atoms with E-state index in [4.69, 9.17) is 10.8 Å². The summed E-state index contributed by atoms with van der Waals surface area (Å²) in [7, 11) is 0. The van der Waals surface area contributed by atoms with Crippen molar-refractivity contribution >= 4 is 17.5 Å². The van der Waals surface area contributed by atoms with Crippen LogP contribution in [0.25, 0.3) is 0 Å². The maximum atomic E-state index is 11.0. The molecule has 1 unspecified atom stereocenters. The lowest BCUT2D eigenvalue weighted by Gasteiger charge is -2.29. The molecule has 0 fully saturated rings. The largest absolute Gasteiger partial charge is 0.478 e. The van der Waals surface area contributed by atoms with Crippen LogP contribution < -0.4 is 10.6 Å². The topological polar surface area (TPSA) is 79.5 Å². The summed E-state index contributed by atoms with van der Waals surface area (Å²) in [5.41, 5.74) is 6.21. The molecule has 0 aromatic carbocycles. The number of hydrogen-bond donors (Lipinski definition) is 2. The first-order valence-corrected chi connectivity index (χ1v) is 5.77. The Hall–Kier alpha value is -1.78. The first-order valence-electron chi connectivity index (χ1n) is 5.77. The molecule has 0 spiro atoms. The predicted molar refractivity (Wildman–Crippen MR) is 68.4 cm³/mol. The van der Waals surface area contributed by atoms with Crippen molar-refractivity contribution in [1.82, 2.24) is 4.98 Å². The number of nitrogens with two attached hydrogens (primary N) is 1. The molecule has 0 bridgehead atoms. The Morgan fingerprint density at radius 2 is 2.24 bits per heavy atom. The van der Waals surface area contributed by atoms with Gasteiger partial charge in [-0.15, -0.1) is 0 Å². The molecule has 1 aromatic heterocycles. The van der Waals surface area contributed by atoms with E-state index < -0.39 is 5.97 Å². The van der Waals surface area contributed by atoms with Gasteiger partial charge in [0.2, 0.25) is 0 Å². The third kappa shape index (κ3) is 2.67. The fourth-order valence-electron chi connectivity index (χ4n) is 1.77. The molecule has 1 atom stereocenters. The van der Waals surface area contributed by atoms with Crippen molar-refractivity contribution in [3.05, 3.63) is 17.8 Å². The molecule has 0 aliphatic rings. The van der Waals surface area contributed by atoms with Crippen LogP contribution in [0.3, 0.4) is 0 Å². The van der Waals surface area contributed by atoms with Crippen LogP contribution in [0, 0.1) is 0 Å². The zero-order valence-corrected chi connectivity index (χ0v) is 10.5. The average Bonchev–Trinajstić information content (AvgIpc) is 2.31. The Kier molecular flexibility index (Phi) is 4.31. The van der Waals surface area contributed by atoms with Crippen LogP contribution in [-0.2, 0) is 0 Å². The minimum Gasteiger partial charge on any atom is -0.478 e. The standard InChI is InChI=1S/C12H19N3O2/c1-4-8(3)15(5-2)11-10(13)9(12(16)17)6-7-14-11/h6-8H,4-5,13H2,1-3H3,(H,16,17). The van der Waals surface area contributed by atoms with Crippen LogP contribution in [0.15, 0.2) is 12.3 Å². The predicted octanol–water partition coefficient (Wildman–Crippen LogP) is 1.99. The van der Waals surface area contributed by atoms with Gasteiger partial charge in [-0.3, -0.25) is 0 Å². The molecule has 0 amide bonds. The highest BCUT2D eigenvalue weighted by Gasteiger charge is 2.19. The molecule has 1 heterocycles. The summed E-state index contributed by atoms with van der Waals surface area (Å²) in [4.78, 5) is 17.2. The number of aromatic nitrogens is 1. The van der Waals surface area contributed by atoms with Crippen LogP contribution in [0.2, 0.25) is 0 Å². The number of hydrogen-bond acceptors (Lipinski definition) is 4. The first-order chi connectivity index (χ1) is 8.02. The normalized spacial score (nSPS) is 12.2. The number of rotatable bonds is 5. The Bertz CT molecular complexity index is 407. The van der Waals surface area contributed by atoms with E-state index in [-0.39, 0.29) is 17.3 Å². The molecule has 94 valence electrons. The highest BCUT2D eigenvalue weighted by molar-refractivity contribution is 5.96. The minimum absolute atomic E-state index is 0.108. The Labute approximate surface area is 101 Å². The summed E-state index contributed by atoms with van der Waals surface area (Å²) in [6.45, 7) is 6.89. The SMILES string of the molecule is CCC(C)N(CC)c1nccc(C(=O)O)c1N. The van der Waals surface area contributed by atoms with E-state index in [2.05, 4.69) is 18.8 Å². The number of anilines is 2. The number of nitrogen functional groups attached to an aromatic ring is 1. The number of nitrogens with zero attached hydrogens (tertiary/aromatic N) is 2. The molecule has 17 heavy (non-hydrogen) atoms. The second-order valence-electron chi connectivity index (χ2n) is 3.94. The Morgan fingerprint density at radius 3 is 2.71 bits per heavy atom. The quantitative estimate of drug-likeness (QED) is 0.818. The first kappa shape index (κ1) is 13.3. The van der Waals surface area contributed by atoms with Gasteiger partial charge in [0.25, 0.3) is 0 Å². The maximum Gasteiger partial charge on any atom is 0.337 e. The lowest BCUT2D eigenvalue weighted by Crippen LogP contribution is -2.34. The van der Waals surface area contributed by atoms with Gasteiger partial charge in [-0.25, -0.2) is 9.78 Å². The molecule has 1 rings (SSSR count). The molecule has 0 saturated carbocycles. The van der Waals surface area contributed by atoms with Crippen LogP contribution in [-0.4, -0.2) is 28.6 Å². The summed E-state index contributed by atoms with van der Waals surface area (Å²) >= 11 is 0.